The predicted octanol–water partition coefficient (Wildman–Crippen LogP) is 2.29. The Morgan fingerprint density at radius 2 is 1.94 bits per heavy atom. The molecule has 1 heterocycles. The molecule has 0 bridgehead atoms. The van der Waals surface area contributed by atoms with Gasteiger partial charge in [0.2, 0.25) is 11.8 Å². The van der Waals surface area contributed by atoms with Crippen LogP contribution in [0.25, 0.3) is 0 Å². The van der Waals surface area contributed by atoms with Crippen molar-refractivity contribution >= 4 is 17.5 Å². The predicted molar refractivity (Wildman–Crippen MR) is 62.2 cm³/mol. The second kappa shape index (κ2) is 4.81. The fraction of sp³-hybridized carbons (Fsp3) is 0.0909. The van der Waals surface area contributed by atoms with Gasteiger partial charge in [-0.05, 0) is 17.7 Å². The highest BCUT2D eigenvalue weighted by Crippen LogP contribution is 2.12. The molecule has 16 heavy (non-hydrogen) atoms. The number of nitrogen functional groups attached to an aromatic ring is 1. The van der Waals surface area contributed by atoms with Gasteiger partial charge in [0, 0.05) is 17.3 Å². The highest BCUT2D eigenvalue weighted by molar-refractivity contribution is 6.30. The molecule has 1 aromatic carbocycles. The van der Waals surface area contributed by atoms with Crippen molar-refractivity contribution in [3.05, 3.63) is 47.1 Å². The summed E-state index contributed by atoms with van der Waals surface area (Å²) in [6, 6.07) is 9.08. The van der Waals surface area contributed by atoms with Crippen LogP contribution >= 0.6 is 11.6 Å². The number of nitrogens with two attached hydrogens (primary N) is 1. The van der Waals surface area contributed by atoms with Crippen molar-refractivity contribution in [1.82, 2.24) is 9.97 Å². The summed E-state index contributed by atoms with van der Waals surface area (Å²) in [5.74, 6) is 0.663. The number of hydrogen-bond acceptors (Lipinski definition) is 4. The molecule has 0 saturated heterocycles. The van der Waals surface area contributed by atoms with Crippen LogP contribution in [-0.2, 0) is 6.61 Å². The fourth-order valence-electron chi connectivity index (χ4n) is 1.17. The van der Waals surface area contributed by atoms with E-state index in [2.05, 4.69) is 9.97 Å². The Labute approximate surface area is 98.0 Å². The Kier molecular flexibility index (Phi) is 3.22. The van der Waals surface area contributed by atoms with E-state index in [1.165, 1.54) is 0 Å². The molecule has 1 aromatic heterocycles. The first-order valence-corrected chi connectivity index (χ1v) is 5.07. The Morgan fingerprint density at radius 3 is 2.62 bits per heavy atom. The maximum Gasteiger partial charge on any atom is 0.223 e. The molecule has 5 heteroatoms. The summed E-state index contributed by atoms with van der Waals surface area (Å²) < 4.78 is 5.44. The van der Waals surface area contributed by atoms with E-state index in [9.17, 15) is 0 Å². The first kappa shape index (κ1) is 10.7. The Morgan fingerprint density at radius 1 is 1.19 bits per heavy atom. The smallest absolute Gasteiger partial charge is 0.223 e. The molecule has 0 saturated carbocycles. The summed E-state index contributed by atoms with van der Waals surface area (Å²) in [5, 5.41) is 0.704. The third kappa shape index (κ3) is 2.84. The fourth-order valence-corrected chi connectivity index (χ4v) is 1.30. The molecule has 0 aliphatic rings. The van der Waals surface area contributed by atoms with Crippen LogP contribution in [0, 0.1) is 0 Å². The van der Waals surface area contributed by atoms with Gasteiger partial charge in [0.1, 0.15) is 6.61 Å². The standard InChI is InChI=1S/C11H10ClN3O/c12-9-3-1-8(2-4-9)7-16-10-5-6-14-11(13)15-10/h1-6H,7H2,(H2,13,14,15). The molecular formula is C11H10ClN3O. The molecule has 0 aliphatic heterocycles. The molecule has 2 rings (SSSR count). The summed E-state index contributed by atoms with van der Waals surface area (Å²) >= 11 is 5.77. The zero-order valence-electron chi connectivity index (χ0n) is 8.43. The first-order valence-electron chi connectivity index (χ1n) is 4.70. The van der Waals surface area contributed by atoms with Gasteiger partial charge in [-0.1, -0.05) is 23.7 Å². The van der Waals surface area contributed by atoms with Crippen LogP contribution in [0.5, 0.6) is 5.88 Å². The van der Waals surface area contributed by atoms with E-state index in [1.807, 2.05) is 24.3 Å². The monoisotopic (exact) mass is 235 g/mol. The summed E-state index contributed by atoms with van der Waals surface area (Å²) in [6.07, 6.45) is 1.56. The highest BCUT2D eigenvalue weighted by Gasteiger charge is 1.98. The van der Waals surface area contributed by atoms with Gasteiger partial charge in [-0.15, -0.1) is 0 Å². The van der Waals surface area contributed by atoms with Crippen LogP contribution in [0.15, 0.2) is 36.5 Å². The van der Waals surface area contributed by atoms with E-state index < -0.39 is 0 Å². The maximum absolute atomic E-state index is 5.77. The quantitative estimate of drug-likeness (QED) is 0.887. The lowest BCUT2D eigenvalue weighted by atomic mass is 10.2. The van der Waals surface area contributed by atoms with Gasteiger partial charge in [-0.25, -0.2) is 4.98 Å². The Bertz CT molecular complexity index is 473. The lowest BCUT2D eigenvalue weighted by Gasteiger charge is -2.05. The molecule has 0 fully saturated rings. The molecule has 82 valence electrons. The molecule has 4 nitrogen and oxygen atoms in total. The molecule has 0 aliphatic carbocycles. The first-order chi connectivity index (χ1) is 7.74. The van der Waals surface area contributed by atoms with Crippen LogP contribution in [0.2, 0.25) is 5.02 Å². The number of rotatable bonds is 3. The molecule has 0 atom stereocenters. The van der Waals surface area contributed by atoms with Gasteiger partial charge in [-0.2, -0.15) is 4.98 Å². The zero-order valence-corrected chi connectivity index (χ0v) is 9.19. The lowest BCUT2D eigenvalue weighted by Crippen LogP contribution is -2.00. The van der Waals surface area contributed by atoms with E-state index in [0.29, 0.717) is 17.5 Å². The number of benzene rings is 1. The lowest BCUT2D eigenvalue weighted by molar-refractivity contribution is 0.294. The second-order valence-corrected chi connectivity index (χ2v) is 3.60. The number of hydrogen-bond donors (Lipinski definition) is 1. The van der Waals surface area contributed by atoms with Crippen molar-refractivity contribution in [1.29, 1.82) is 0 Å². The summed E-state index contributed by atoms with van der Waals surface area (Å²) in [6.45, 7) is 0.424. The van der Waals surface area contributed by atoms with Gasteiger partial charge >= 0.3 is 0 Å². The SMILES string of the molecule is Nc1nccc(OCc2ccc(Cl)cc2)n1. The number of anilines is 1. The molecule has 0 amide bonds. The number of aromatic nitrogens is 2. The third-order valence-electron chi connectivity index (χ3n) is 1.95. The van der Waals surface area contributed by atoms with Crippen molar-refractivity contribution in [2.24, 2.45) is 0 Å². The average molecular weight is 236 g/mol. The third-order valence-corrected chi connectivity index (χ3v) is 2.20. The van der Waals surface area contributed by atoms with E-state index in [1.54, 1.807) is 12.3 Å². The van der Waals surface area contributed by atoms with Gasteiger partial charge in [0.15, 0.2) is 0 Å². The molecule has 2 N–H and O–H groups in total. The van der Waals surface area contributed by atoms with Crippen LogP contribution in [0.1, 0.15) is 5.56 Å². The topological polar surface area (TPSA) is 61.0 Å². The normalized spacial score (nSPS) is 10.1. The highest BCUT2D eigenvalue weighted by atomic mass is 35.5. The van der Waals surface area contributed by atoms with E-state index in [4.69, 9.17) is 22.1 Å². The molecule has 0 unspecified atom stereocenters. The van der Waals surface area contributed by atoms with Crippen molar-refractivity contribution < 1.29 is 4.74 Å². The number of nitrogens with zero attached hydrogens (tertiary/aromatic N) is 2. The number of halogens is 1. The minimum Gasteiger partial charge on any atom is -0.473 e. The van der Waals surface area contributed by atoms with Crippen molar-refractivity contribution in [3.8, 4) is 5.88 Å². The Balaban J connectivity index is 1.99. The van der Waals surface area contributed by atoms with Crippen LogP contribution < -0.4 is 10.5 Å². The summed E-state index contributed by atoms with van der Waals surface area (Å²) in [4.78, 5) is 7.70. The molecule has 0 radical (unpaired) electrons. The van der Waals surface area contributed by atoms with Crippen molar-refractivity contribution in [2.45, 2.75) is 6.61 Å². The average Bonchev–Trinajstić information content (AvgIpc) is 2.28. The maximum atomic E-state index is 5.77. The summed E-state index contributed by atoms with van der Waals surface area (Å²) in [5.41, 5.74) is 6.44. The largest absolute Gasteiger partial charge is 0.473 e. The van der Waals surface area contributed by atoms with Crippen LogP contribution in [0.4, 0.5) is 5.95 Å². The molecule has 2 aromatic rings. The van der Waals surface area contributed by atoms with Crippen molar-refractivity contribution in [3.63, 3.8) is 0 Å². The Hall–Kier alpha value is -1.81. The van der Waals surface area contributed by atoms with Crippen LogP contribution in [0.3, 0.4) is 0 Å². The molecule has 0 spiro atoms. The van der Waals surface area contributed by atoms with Crippen molar-refractivity contribution in [2.75, 3.05) is 5.73 Å². The minimum atomic E-state index is 0.202. The second-order valence-electron chi connectivity index (χ2n) is 3.17. The van der Waals surface area contributed by atoms with Gasteiger partial charge in [0.05, 0.1) is 0 Å². The van der Waals surface area contributed by atoms with E-state index in [-0.39, 0.29) is 5.95 Å². The summed E-state index contributed by atoms with van der Waals surface area (Å²) in [7, 11) is 0. The van der Waals surface area contributed by atoms with Gasteiger partial charge < -0.3 is 10.5 Å². The van der Waals surface area contributed by atoms with E-state index in [0.717, 1.165) is 5.56 Å². The van der Waals surface area contributed by atoms with Gasteiger partial charge in [0.25, 0.3) is 0 Å². The van der Waals surface area contributed by atoms with Crippen LogP contribution in [-0.4, -0.2) is 9.97 Å². The van der Waals surface area contributed by atoms with Gasteiger partial charge in [-0.3, -0.25) is 0 Å². The van der Waals surface area contributed by atoms with E-state index >= 15 is 0 Å². The molecular weight excluding hydrogens is 226 g/mol. The minimum absolute atomic E-state index is 0.202. The zero-order chi connectivity index (χ0) is 11.4. The number of ether oxygens (including phenoxy) is 1.